The molecular weight excluding hydrogens is 1330 g/mol. The maximum atomic E-state index is 14.8. The standard InChI is InChI=1S/C74H94N2O26/c1-13-25-87-61-49-19-17-20-50(61)32-54-36-58(72(86)76-24-30-92-74-70(100-48(12)84)68(98-46(10)82)66(96-44(8)80)60(102-74)40-94-42(6)78)38-56(64(54)90-28-16-4)34-52-22-18-21-51(62(52)88-26-14-2)33-55-37-57(35-53(31-49)63(55)89-27-15-3)71(85)75-23-29-91-73-69(99-47(11)83)67(97-45(9)81)65(95-43(7)79)59(101-73)39-93-41(5)77/h17-22,35-38,59-60,65-70,73-74H,13-16,23-34,39-40H2,1-12H3,(H,75,85)(H,76,86). The third kappa shape index (κ3) is 22.8. The number of nitrogens with one attached hydrogen (secondary N) is 2. The van der Waals surface area contributed by atoms with Gasteiger partial charge in [-0.1, -0.05) is 64.1 Å². The second-order valence-electron chi connectivity index (χ2n) is 24.5. The number of amides is 2. The molecule has 3 aliphatic rings. The highest BCUT2D eigenvalue weighted by molar-refractivity contribution is 5.96. The highest BCUT2D eigenvalue weighted by atomic mass is 16.7. The molecule has 2 amide bonds. The predicted octanol–water partition coefficient (Wildman–Crippen LogP) is 7.18. The maximum Gasteiger partial charge on any atom is 0.303 e. The average Bonchev–Trinajstić information content (AvgIpc) is 0.792. The Kier molecular flexibility index (Phi) is 30.7. The van der Waals surface area contributed by atoms with Crippen LogP contribution in [0.3, 0.4) is 0 Å². The number of carbonyl (C=O) groups excluding carboxylic acids is 10. The molecule has 2 heterocycles. The fourth-order valence-corrected chi connectivity index (χ4v) is 12.0. The largest absolute Gasteiger partial charge is 0.493 e. The molecule has 2 fully saturated rings. The highest BCUT2D eigenvalue weighted by Crippen LogP contribution is 2.41. The predicted molar refractivity (Wildman–Crippen MR) is 361 cm³/mol. The third-order valence-corrected chi connectivity index (χ3v) is 15.9. The molecule has 102 heavy (non-hydrogen) atoms. The molecular formula is C74H94N2O26. The van der Waals surface area contributed by atoms with Crippen molar-refractivity contribution in [3.8, 4) is 23.0 Å². The third-order valence-electron chi connectivity index (χ3n) is 15.9. The molecule has 8 bridgehead atoms. The molecule has 0 radical (unpaired) electrons. The van der Waals surface area contributed by atoms with Crippen molar-refractivity contribution in [2.24, 2.45) is 0 Å². The Morgan fingerprint density at radius 1 is 0.353 bits per heavy atom. The Morgan fingerprint density at radius 3 is 0.882 bits per heavy atom. The molecule has 2 aliphatic heterocycles. The number of hydrogen-bond acceptors (Lipinski definition) is 26. The topological polar surface area (TPSA) is 342 Å². The minimum Gasteiger partial charge on any atom is -0.493 e. The van der Waals surface area contributed by atoms with Crippen LogP contribution in [0.25, 0.3) is 0 Å². The number of esters is 8. The van der Waals surface area contributed by atoms with Crippen LogP contribution in [-0.4, -0.2) is 187 Å². The van der Waals surface area contributed by atoms with Gasteiger partial charge >= 0.3 is 47.8 Å². The van der Waals surface area contributed by atoms with Crippen molar-refractivity contribution in [3.05, 3.63) is 116 Å². The van der Waals surface area contributed by atoms with E-state index in [1.807, 2.05) is 64.1 Å². The van der Waals surface area contributed by atoms with E-state index < -0.39 is 134 Å². The van der Waals surface area contributed by atoms with Crippen molar-refractivity contribution < 1.29 is 124 Å². The van der Waals surface area contributed by atoms with Gasteiger partial charge in [0.25, 0.3) is 11.8 Å². The first-order chi connectivity index (χ1) is 48.8. The summed E-state index contributed by atoms with van der Waals surface area (Å²) in [4.78, 5) is 128. The summed E-state index contributed by atoms with van der Waals surface area (Å²) in [5.74, 6) is -4.94. The number of ether oxygens (including phenoxy) is 16. The van der Waals surface area contributed by atoms with Crippen molar-refractivity contribution in [3.63, 3.8) is 0 Å². The van der Waals surface area contributed by atoms with Gasteiger partial charge in [-0.15, -0.1) is 0 Å². The number of fused-ring (bicyclic) bond motifs is 8. The lowest BCUT2D eigenvalue weighted by Crippen LogP contribution is -2.63. The van der Waals surface area contributed by atoms with Crippen LogP contribution in [0, 0.1) is 0 Å². The van der Waals surface area contributed by atoms with Gasteiger partial charge in [-0.3, -0.25) is 47.9 Å². The van der Waals surface area contributed by atoms with Crippen LogP contribution in [0.15, 0.2) is 60.7 Å². The Balaban J connectivity index is 1.26. The number of hydrogen-bond donors (Lipinski definition) is 2. The van der Waals surface area contributed by atoms with E-state index in [-0.39, 0.29) is 63.1 Å². The van der Waals surface area contributed by atoms with E-state index in [4.69, 9.17) is 75.8 Å². The van der Waals surface area contributed by atoms with Gasteiger partial charge < -0.3 is 86.4 Å². The summed E-state index contributed by atoms with van der Waals surface area (Å²) >= 11 is 0. The van der Waals surface area contributed by atoms with Gasteiger partial charge in [0.05, 0.1) is 39.6 Å². The van der Waals surface area contributed by atoms with Gasteiger partial charge in [0, 0.05) is 105 Å². The van der Waals surface area contributed by atoms with Crippen LogP contribution in [-0.2, 0) is 121 Å². The summed E-state index contributed by atoms with van der Waals surface area (Å²) in [6.07, 6.45) is -10.8. The average molecular weight is 1430 g/mol. The first-order valence-electron chi connectivity index (χ1n) is 34.3. The number of para-hydroxylation sites is 2. The van der Waals surface area contributed by atoms with Crippen molar-refractivity contribution in [1.82, 2.24) is 10.6 Å². The smallest absolute Gasteiger partial charge is 0.303 e. The van der Waals surface area contributed by atoms with Gasteiger partial charge in [0.1, 0.15) is 48.4 Å². The monoisotopic (exact) mass is 1430 g/mol. The maximum absolute atomic E-state index is 14.8. The molecule has 2 N–H and O–H groups in total. The summed E-state index contributed by atoms with van der Waals surface area (Å²) in [5.41, 5.74) is 6.18. The van der Waals surface area contributed by atoms with Gasteiger partial charge in [0.2, 0.25) is 0 Å². The number of carbonyl (C=O) groups is 10. The second kappa shape index (κ2) is 39.2. The first kappa shape index (κ1) is 79.9. The van der Waals surface area contributed by atoms with E-state index in [1.54, 1.807) is 24.3 Å². The molecule has 28 heteroatoms. The Labute approximate surface area is 592 Å². The fraction of sp³-hybridized carbons (Fsp3) is 0.541. The summed E-state index contributed by atoms with van der Waals surface area (Å²) in [5, 5.41) is 5.89. The first-order valence-corrected chi connectivity index (χ1v) is 34.3. The zero-order chi connectivity index (χ0) is 74.2. The Hall–Kier alpha value is -9.38. The van der Waals surface area contributed by atoms with E-state index in [0.717, 1.165) is 77.6 Å². The molecule has 2 saturated heterocycles. The second-order valence-corrected chi connectivity index (χ2v) is 24.5. The van der Waals surface area contributed by atoms with Crippen molar-refractivity contribution in [1.29, 1.82) is 0 Å². The normalized spacial score (nSPS) is 20.5. The quantitative estimate of drug-likeness (QED) is 0.0244. The summed E-state index contributed by atoms with van der Waals surface area (Å²) in [7, 11) is 0. The summed E-state index contributed by atoms with van der Waals surface area (Å²) in [6, 6.07) is 18.7. The van der Waals surface area contributed by atoms with E-state index in [0.29, 0.717) is 97.4 Å². The van der Waals surface area contributed by atoms with Crippen LogP contribution in [0.2, 0.25) is 0 Å². The van der Waals surface area contributed by atoms with Crippen LogP contribution in [0.1, 0.15) is 174 Å². The fourth-order valence-electron chi connectivity index (χ4n) is 12.0. The molecule has 10 atom stereocenters. The molecule has 4 aromatic carbocycles. The van der Waals surface area contributed by atoms with E-state index in [2.05, 4.69) is 10.6 Å². The van der Waals surface area contributed by atoms with E-state index in [9.17, 15) is 47.9 Å². The Morgan fingerprint density at radius 2 is 0.618 bits per heavy atom. The number of benzene rings is 4. The SMILES string of the molecule is CCCOc1c2cccc1Cc1cc(C(=O)NCCOC3OC(COC(C)=O)C(OC(C)=O)C(OC(C)=O)C3OC(C)=O)cc(c1OCCC)Cc1cccc(c1OCCC)Cc1cc(C(=O)NCCOC3OC(COC(C)=O)C(OC(C)=O)C(OC(C)=O)C3OC(C)=O)cc(c1OCCC)C2. The van der Waals surface area contributed by atoms with E-state index >= 15 is 0 Å². The lowest BCUT2D eigenvalue weighted by atomic mass is 9.89. The van der Waals surface area contributed by atoms with Crippen LogP contribution >= 0.6 is 0 Å². The molecule has 7 rings (SSSR count). The van der Waals surface area contributed by atoms with Gasteiger partial charge in [-0.25, -0.2) is 0 Å². The zero-order valence-electron chi connectivity index (χ0n) is 59.9. The zero-order valence-corrected chi connectivity index (χ0v) is 59.9. The molecule has 28 nitrogen and oxygen atoms in total. The molecule has 0 spiro atoms. The number of rotatable bonds is 32. The van der Waals surface area contributed by atoms with Crippen LogP contribution in [0.5, 0.6) is 23.0 Å². The van der Waals surface area contributed by atoms with Gasteiger partial charge in [0.15, 0.2) is 49.2 Å². The summed E-state index contributed by atoms with van der Waals surface area (Å²) in [6.45, 7) is 16.6. The van der Waals surface area contributed by atoms with Crippen LogP contribution < -0.4 is 29.6 Å². The van der Waals surface area contributed by atoms with Crippen molar-refractivity contribution in [2.75, 3.05) is 65.9 Å². The van der Waals surface area contributed by atoms with Gasteiger partial charge in [-0.2, -0.15) is 0 Å². The lowest BCUT2D eigenvalue weighted by molar-refractivity contribution is -0.307. The van der Waals surface area contributed by atoms with Crippen molar-refractivity contribution in [2.45, 2.75) is 196 Å². The molecule has 10 unspecified atom stereocenters. The molecule has 556 valence electrons. The molecule has 4 aromatic rings. The molecule has 1 aliphatic carbocycles. The minimum absolute atomic E-state index is 0.139. The summed E-state index contributed by atoms with van der Waals surface area (Å²) < 4.78 is 95.3. The molecule has 0 saturated carbocycles. The van der Waals surface area contributed by atoms with Crippen molar-refractivity contribution >= 4 is 59.6 Å². The van der Waals surface area contributed by atoms with Crippen LogP contribution in [0.4, 0.5) is 0 Å². The lowest BCUT2D eigenvalue weighted by Gasteiger charge is -2.44. The Bertz CT molecular complexity index is 3290. The molecule has 0 aromatic heterocycles. The van der Waals surface area contributed by atoms with Gasteiger partial charge in [-0.05, 0) is 94.5 Å². The highest BCUT2D eigenvalue weighted by Gasteiger charge is 2.54. The van der Waals surface area contributed by atoms with E-state index in [1.165, 1.54) is 0 Å². The minimum atomic E-state index is -1.49.